The molecule has 1 saturated heterocycles. The molecule has 2 amide bonds. The quantitative estimate of drug-likeness (QED) is 0.891. The highest BCUT2D eigenvalue weighted by molar-refractivity contribution is 5.94. The van der Waals surface area contributed by atoms with E-state index in [0.29, 0.717) is 6.54 Å². The van der Waals surface area contributed by atoms with E-state index in [1.807, 2.05) is 35.2 Å². The number of amides is 2. The minimum Gasteiger partial charge on any atom is -0.355 e. The van der Waals surface area contributed by atoms with Crippen LogP contribution in [-0.2, 0) is 4.79 Å². The van der Waals surface area contributed by atoms with Gasteiger partial charge < -0.3 is 10.2 Å². The zero-order valence-electron chi connectivity index (χ0n) is 15.0. The second-order valence-electron chi connectivity index (χ2n) is 7.13. The number of nitrogens with one attached hydrogen (secondary N) is 1. The second-order valence-corrected chi connectivity index (χ2v) is 7.13. The predicted octanol–water partition coefficient (Wildman–Crippen LogP) is 2.14. The van der Waals surface area contributed by atoms with Crippen LogP contribution in [0, 0.1) is 5.92 Å². The summed E-state index contributed by atoms with van der Waals surface area (Å²) in [5.74, 6) is 0.581. The van der Waals surface area contributed by atoms with E-state index in [9.17, 15) is 9.59 Å². The van der Waals surface area contributed by atoms with E-state index in [1.54, 1.807) is 0 Å². The average Bonchev–Trinajstić information content (AvgIpc) is 2.69. The molecule has 136 valence electrons. The van der Waals surface area contributed by atoms with Gasteiger partial charge in [-0.25, -0.2) is 0 Å². The van der Waals surface area contributed by atoms with Crippen LogP contribution in [-0.4, -0.2) is 60.9 Å². The lowest BCUT2D eigenvalue weighted by molar-refractivity contribution is -0.125. The van der Waals surface area contributed by atoms with E-state index in [1.165, 1.54) is 19.3 Å². The Kier molecular flexibility index (Phi) is 6.45. The number of hydrogen-bond donors (Lipinski definition) is 1. The van der Waals surface area contributed by atoms with Crippen molar-refractivity contribution in [1.82, 2.24) is 15.1 Å². The fourth-order valence-electron chi connectivity index (χ4n) is 3.78. The summed E-state index contributed by atoms with van der Waals surface area (Å²) in [6, 6.07) is 9.47. The molecule has 1 aromatic rings. The van der Waals surface area contributed by atoms with Gasteiger partial charge in [-0.3, -0.25) is 14.5 Å². The van der Waals surface area contributed by atoms with Crippen LogP contribution in [0.4, 0.5) is 0 Å². The Bertz CT molecular complexity index is 562. The summed E-state index contributed by atoms with van der Waals surface area (Å²) >= 11 is 0. The van der Waals surface area contributed by atoms with E-state index in [2.05, 4.69) is 10.2 Å². The summed E-state index contributed by atoms with van der Waals surface area (Å²) in [5, 5.41) is 3.10. The van der Waals surface area contributed by atoms with Gasteiger partial charge in [0.2, 0.25) is 5.91 Å². The number of hydrogen-bond acceptors (Lipinski definition) is 3. The van der Waals surface area contributed by atoms with Crippen molar-refractivity contribution in [2.45, 2.75) is 32.1 Å². The molecule has 5 heteroatoms. The third kappa shape index (κ3) is 5.05. The molecule has 1 heterocycles. The Labute approximate surface area is 150 Å². The van der Waals surface area contributed by atoms with Crippen molar-refractivity contribution >= 4 is 11.8 Å². The van der Waals surface area contributed by atoms with Gasteiger partial charge in [0.1, 0.15) is 0 Å². The van der Waals surface area contributed by atoms with Crippen LogP contribution in [0.3, 0.4) is 0 Å². The number of carbonyl (C=O) groups excluding carboxylic acids is 2. The molecule has 25 heavy (non-hydrogen) atoms. The topological polar surface area (TPSA) is 52.7 Å². The Morgan fingerprint density at radius 1 is 0.960 bits per heavy atom. The van der Waals surface area contributed by atoms with E-state index in [4.69, 9.17) is 0 Å². The van der Waals surface area contributed by atoms with Crippen LogP contribution < -0.4 is 5.32 Å². The molecule has 0 bridgehead atoms. The van der Waals surface area contributed by atoms with Crippen LogP contribution in [0.15, 0.2) is 30.3 Å². The van der Waals surface area contributed by atoms with Gasteiger partial charge >= 0.3 is 0 Å². The molecule has 0 spiro atoms. The van der Waals surface area contributed by atoms with Gasteiger partial charge in [0.15, 0.2) is 0 Å². The van der Waals surface area contributed by atoms with Crippen molar-refractivity contribution in [1.29, 1.82) is 0 Å². The molecule has 2 fully saturated rings. The first-order valence-electron chi connectivity index (χ1n) is 9.58. The van der Waals surface area contributed by atoms with Crippen LogP contribution >= 0.6 is 0 Å². The Morgan fingerprint density at radius 2 is 1.64 bits per heavy atom. The lowest BCUT2D eigenvalue weighted by atomic mass is 9.89. The maximum atomic E-state index is 12.4. The molecule has 0 radical (unpaired) electrons. The van der Waals surface area contributed by atoms with Crippen molar-refractivity contribution in [2.75, 3.05) is 39.3 Å². The number of carbonyl (C=O) groups is 2. The molecular formula is C20H29N3O2. The molecule has 0 aromatic heterocycles. The molecule has 0 unspecified atom stereocenters. The van der Waals surface area contributed by atoms with E-state index in [-0.39, 0.29) is 17.7 Å². The van der Waals surface area contributed by atoms with Crippen LogP contribution in [0.5, 0.6) is 0 Å². The van der Waals surface area contributed by atoms with Crippen LogP contribution in [0.2, 0.25) is 0 Å². The second kappa shape index (κ2) is 8.99. The number of piperazine rings is 1. The van der Waals surface area contributed by atoms with E-state index in [0.717, 1.165) is 51.1 Å². The highest BCUT2D eigenvalue weighted by atomic mass is 16.2. The Morgan fingerprint density at radius 3 is 2.32 bits per heavy atom. The normalized spacial score (nSPS) is 19.6. The Balaban J connectivity index is 1.35. The highest BCUT2D eigenvalue weighted by Crippen LogP contribution is 2.23. The van der Waals surface area contributed by atoms with Crippen molar-refractivity contribution in [3.05, 3.63) is 35.9 Å². The largest absolute Gasteiger partial charge is 0.355 e. The van der Waals surface area contributed by atoms with Gasteiger partial charge in [-0.05, 0) is 25.0 Å². The number of nitrogens with zero attached hydrogens (tertiary/aromatic N) is 2. The molecule has 1 aliphatic heterocycles. The van der Waals surface area contributed by atoms with E-state index < -0.39 is 0 Å². The molecule has 2 aliphatic rings. The van der Waals surface area contributed by atoms with Gasteiger partial charge in [0.25, 0.3) is 5.91 Å². The first-order valence-corrected chi connectivity index (χ1v) is 9.58. The number of benzene rings is 1. The van der Waals surface area contributed by atoms with Crippen molar-refractivity contribution in [3.8, 4) is 0 Å². The molecule has 1 saturated carbocycles. The fraction of sp³-hybridized carbons (Fsp3) is 0.600. The molecule has 1 aliphatic carbocycles. The zero-order valence-corrected chi connectivity index (χ0v) is 15.0. The molecule has 0 atom stereocenters. The molecule has 1 aromatic carbocycles. The standard InChI is InChI=1S/C20H29N3O2/c24-19(17-7-3-1-4-8-17)21-11-12-22-13-15-23(16-14-22)20(25)18-9-5-2-6-10-18/h2,5-6,9-10,17H,1,3-4,7-8,11-16H2,(H,21,24). The molecule has 5 nitrogen and oxygen atoms in total. The predicted molar refractivity (Wildman–Crippen MR) is 98.4 cm³/mol. The summed E-state index contributed by atoms with van der Waals surface area (Å²) < 4.78 is 0. The minimum atomic E-state index is 0.117. The van der Waals surface area contributed by atoms with E-state index >= 15 is 0 Å². The summed E-state index contributed by atoms with van der Waals surface area (Å²) in [7, 11) is 0. The van der Waals surface area contributed by atoms with Crippen molar-refractivity contribution in [3.63, 3.8) is 0 Å². The molecular weight excluding hydrogens is 314 g/mol. The minimum absolute atomic E-state index is 0.117. The third-order valence-corrected chi connectivity index (χ3v) is 5.38. The Hall–Kier alpha value is -1.88. The van der Waals surface area contributed by atoms with Gasteiger partial charge in [-0.15, -0.1) is 0 Å². The summed E-state index contributed by atoms with van der Waals surface area (Å²) in [6.45, 7) is 4.83. The lowest BCUT2D eigenvalue weighted by Gasteiger charge is -2.35. The first-order chi connectivity index (χ1) is 12.2. The average molecular weight is 343 g/mol. The van der Waals surface area contributed by atoms with Gasteiger partial charge in [0, 0.05) is 50.7 Å². The summed E-state index contributed by atoms with van der Waals surface area (Å²) in [5.41, 5.74) is 0.760. The van der Waals surface area contributed by atoms with Crippen molar-refractivity contribution < 1.29 is 9.59 Å². The summed E-state index contributed by atoms with van der Waals surface area (Å²) in [6.07, 6.45) is 5.75. The first kappa shape index (κ1) is 17.9. The van der Waals surface area contributed by atoms with Crippen molar-refractivity contribution in [2.24, 2.45) is 5.92 Å². The molecule has 1 N–H and O–H groups in total. The van der Waals surface area contributed by atoms with Crippen LogP contribution in [0.1, 0.15) is 42.5 Å². The maximum Gasteiger partial charge on any atom is 0.253 e. The lowest BCUT2D eigenvalue weighted by Crippen LogP contribution is -2.50. The SMILES string of the molecule is O=C(NCCN1CCN(C(=O)c2ccccc2)CC1)C1CCCCC1. The fourth-order valence-corrected chi connectivity index (χ4v) is 3.78. The third-order valence-electron chi connectivity index (χ3n) is 5.38. The monoisotopic (exact) mass is 343 g/mol. The zero-order chi connectivity index (χ0) is 17.5. The van der Waals surface area contributed by atoms with Gasteiger partial charge in [-0.2, -0.15) is 0 Å². The van der Waals surface area contributed by atoms with Crippen LogP contribution in [0.25, 0.3) is 0 Å². The number of rotatable bonds is 5. The maximum absolute atomic E-state index is 12.4. The smallest absolute Gasteiger partial charge is 0.253 e. The van der Waals surface area contributed by atoms with Gasteiger partial charge in [-0.1, -0.05) is 37.5 Å². The highest BCUT2D eigenvalue weighted by Gasteiger charge is 2.23. The molecule has 3 rings (SSSR count). The van der Waals surface area contributed by atoms with Gasteiger partial charge in [0.05, 0.1) is 0 Å². The summed E-state index contributed by atoms with van der Waals surface area (Å²) in [4.78, 5) is 28.8.